The van der Waals surface area contributed by atoms with Gasteiger partial charge in [0.25, 0.3) is 0 Å². The quantitative estimate of drug-likeness (QED) is 0.395. The molecule has 1 heterocycles. The number of halogens is 1. The van der Waals surface area contributed by atoms with Gasteiger partial charge in [0.2, 0.25) is 0 Å². The van der Waals surface area contributed by atoms with Crippen LogP contribution in [-0.4, -0.2) is 43.7 Å². The summed E-state index contributed by atoms with van der Waals surface area (Å²) < 4.78 is 5.06. The Kier molecular flexibility index (Phi) is 9.50. The standard InChI is InChI=1S/C17H28N4O.HI/c1-14(13-22-2)20-17(18)19-11-15-5-7-16(8-6-15)12-21-9-3-4-10-21;/h5-8,14H,3-4,9-13H2,1-2H3,(H3,18,19,20);1H. The maximum absolute atomic E-state index is 5.87. The maximum Gasteiger partial charge on any atom is 0.189 e. The number of nitrogens with zero attached hydrogens (tertiary/aromatic N) is 2. The average molecular weight is 432 g/mol. The van der Waals surface area contributed by atoms with Crippen LogP contribution in [0.15, 0.2) is 29.3 Å². The third-order valence-corrected chi connectivity index (χ3v) is 3.87. The number of benzene rings is 1. The SMILES string of the molecule is COCC(C)NC(N)=NCc1ccc(CN2CCCC2)cc1.I. The Morgan fingerprint density at radius 3 is 2.48 bits per heavy atom. The number of likely N-dealkylation sites (tertiary alicyclic amines) is 1. The van der Waals surface area contributed by atoms with Crippen LogP contribution in [0.25, 0.3) is 0 Å². The van der Waals surface area contributed by atoms with Crippen molar-refractivity contribution in [3.8, 4) is 0 Å². The monoisotopic (exact) mass is 432 g/mol. The molecule has 0 spiro atoms. The summed E-state index contributed by atoms with van der Waals surface area (Å²) in [7, 11) is 1.68. The van der Waals surface area contributed by atoms with Crippen molar-refractivity contribution in [3.63, 3.8) is 0 Å². The molecule has 6 heteroatoms. The number of hydrogen-bond acceptors (Lipinski definition) is 3. The fourth-order valence-electron chi connectivity index (χ4n) is 2.72. The van der Waals surface area contributed by atoms with E-state index in [1.807, 2.05) is 6.92 Å². The second kappa shape index (κ2) is 10.8. The molecule has 0 amide bonds. The average Bonchev–Trinajstić information content (AvgIpc) is 3.00. The number of rotatable bonds is 7. The van der Waals surface area contributed by atoms with Gasteiger partial charge in [0.1, 0.15) is 0 Å². The van der Waals surface area contributed by atoms with Crippen molar-refractivity contribution in [2.24, 2.45) is 10.7 Å². The molecule has 0 aliphatic carbocycles. The molecule has 23 heavy (non-hydrogen) atoms. The Labute approximate surface area is 156 Å². The molecule has 1 atom stereocenters. The molecule has 0 bridgehead atoms. The van der Waals surface area contributed by atoms with Crippen molar-refractivity contribution in [1.82, 2.24) is 10.2 Å². The smallest absolute Gasteiger partial charge is 0.189 e. The van der Waals surface area contributed by atoms with E-state index in [0.717, 1.165) is 6.54 Å². The molecule has 130 valence electrons. The van der Waals surface area contributed by atoms with Crippen LogP contribution in [0.4, 0.5) is 0 Å². The number of nitrogens with one attached hydrogen (secondary N) is 1. The first kappa shape index (κ1) is 20.2. The van der Waals surface area contributed by atoms with Crippen molar-refractivity contribution < 1.29 is 4.74 Å². The van der Waals surface area contributed by atoms with Gasteiger partial charge in [0.15, 0.2) is 5.96 Å². The van der Waals surface area contributed by atoms with Gasteiger partial charge in [-0.15, -0.1) is 24.0 Å². The molecule has 1 aromatic carbocycles. The minimum Gasteiger partial charge on any atom is -0.383 e. The highest BCUT2D eigenvalue weighted by Gasteiger charge is 2.11. The Bertz CT molecular complexity index is 472. The van der Waals surface area contributed by atoms with Gasteiger partial charge in [-0.05, 0) is 44.0 Å². The highest BCUT2D eigenvalue weighted by atomic mass is 127. The number of hydrogen-bond donors (Lipinski definition) is 2. The van der Waals surface area contributed by atoms with E-state index in [4.69, 9.17) is 10.5 Å². The fraction of sp³-hybridized carbons (Fsp3) is 0.588. The summed E-state index contributed by atoms with van der Waals surface area (Å²) >= 11 is 0. The normalized spacial score (nSPS) is 16.9. The molecule has 0 aromatic heterocycles. The summed E-state index contributed by atoms with van der Waals surface area (Å²) in [5, 5.41) is 3.11. The summed E-state index contributed by atoms with van der Waals surface area (Å²) in [6, 6.07) is 8.83. The summed E-state index contributed by atoms with van der Waals surface area (Å²) in [4.78, 5) is 6.87. The van der Waals surface area contributed by atoms with Crippen LogP contribution in [0.5, 0.6) is 0 Å². The lowest BCUT2D eigenvalue weighted by molar-refractivity contribution is 0.179. The first-order valence-corrected chi connectivity index (χ1v) is 8.03. The van der Waals surface area contributed by atoms with Crippen LogP contribution in [0.2, 0.25) is 0 Å². The summed E-state index contributed by atoms with van der Waals surface area (Å²) in [5.74, 6) is 0.464. The van der Waals surface area contributed by atoms with Gasteiger partial charge in [-0.2, -0.15) is 0 Å². The van der Waals surface area contributed by atoms with Gasteiger partial charge < -0.3 is 15.8 Å². The largest absolute Gasteiger partial charge is 0.383 e. The van der Waals surface area contributed by atoms with Gasteiger partial charge in [0.05, 0.1) is 13.2 Å². The zero-order valence-corrected chi connectivity index (χ0v) is 16.5. The Morgan fingerprint density at radius 1 is 1.26 bits per heavy atom. The van der Waals surface area contributed by atoms with Crippen molar-refractivity contribution in [2.75, 3.05) is 26.8 Å². The highest BCUT2D eigenvalue weighted by molar-refractivity contribution is 14.0. The van der Waals surface area contributed by atoms with E-state index in [1.54, 1.807) is 7.11 Å². The topological polar surface area (TPSA) is 62.9 Å². The summed E-state index contributed by atoms with van der Waals surface area (Å²) in [6.07, 6.45) is 2.67. The predicted molar refractivity (Wildman–Crippen MR) is 106 cm³/mol. The second-order valence-electron chi connectivity index (χ2n) is 6.00. The van der Waals surface area contributed by atoms with Gasteiger partial charge in [-0.3, -0.25) is 4.90 Å². The van der Waals surface area contributed by atoms with E-state index in [1.165, 1.54) is 37.1 Å². The van der Waals surface area contributed by atoms with Crippen LogP contribution in [0, 0.1) is 0 Å². The lowest BCUT2D eigenvalue weighted by Crippen LogP contribution is -2.40. The Balaban J connectivity index is 0.00000264. The second-order valence-corrected chi connectivity index (χ2v) is 6.00. The number of ether oxygens (including phenoxy) is 1. The van der Waals surface area contributed by atoms with Gasteiger partial charge in [-0.1, -0.05) is 24.3 Å². The van der Waals surface area contributed by atoms with Gasteiger partial charge in [-0.25, -0.2) is 4.99 Å². The first-order chi connectivity index (χ1) is 10.7. The van der Waals surface area contributed by atoms with Crippen LogP contribution >= 0.6 is 24.0 Å². The minimum absolute atomic E-state index is 0. The van der Waals surface area contributed by atoms with E-state index >= 15 is 0 Å². The molecule has 0 radical (unpaired) electrons. The van der Waals surface area contributed by atoms with Crippen molar-refractivity contribution >= 4 is 29.9 Å². The van der Waals surface area contributed by atoms with E-state index in [9.17, 15) is 0 Å². The van der Waals surface area contributed by atoms with E-state index < -0.39 is 0 Å². The molecule has 1 fully saturated rings. The molecule has 5 nitrogen and oxygen atoms in total. The molecule has 2 rings (SSSR count). The molecule has 1 unspecified atom stereocenters. The summed E-state index contributed by atoms with van der Waals surface area (Å²) in [5.41, 5.74) is 8.41. The zero-order valence-electron chi connectivity index (χ0n) is 14.1. The molecule has 1 aliphatic rings. The molecule has 1 aliphatic heterocycles. The lowest BCUT2D eigenvalue weighted by atomic mass is 10.1. The third kappa shape index (κ3) is 7.50. The van der Waals surface area contributed by atoms with Crippen molar-refractivity contribution in [3.05, 3.63) is 35.4 Å². The zero-order chi connectivity index (χ0) is 15.8. The Morgan fingerprint density at radius 2 is 1.87 bits per heavy atom. The molecular formula is C17H29IN4O. The highest BCUT2D eigenvalue weighted by Crippen LogP contribution is 2.13. The van der Waals surface area contributed by atoms with Gasteiger partial charge >= 0.3 is 0 Å². The van der Waals surface area contributed by atoms with Crippen LogP contribution < -0.4 is 11.1 Å². The number of nitrogens with two attached hydrogens (primary N) is 1. The number of guanidine groups is 1. The maximum atomic E-state index is 5.87. The predicted octanol–water partition coefficient (Wildman–Crippen LogP) is 2.34. The number of aliphatic imine (C=N–C) groups is 1. The minimum atomic E-state index is 0. The van der Waals surface area contributed by atoms with Crippen LogP contribution in [0.1, 0.15) is 30.9 Å². The van der Waals surface area contributed by atoms with E-state index in [0.29, 0.717) is 19.1 Å². The molecule has 1 saturated heterocycles. The molecular weight excluding hydrogens is 403 g/mol. The third-order valence-electron chi connectivity index (χ3n) is 3.87. The molecule has 3 N–H and O–H groups in total. The van der Waals surface area contributed by atoms with E-state index in [-0.39, 0.29) is 30.0 Å². The molecule has 1 aromatic rings. The molecule has 0 saturated carbocycles. The fourth-order valence-corrected chi connectivity index (χ4v) is 2.72. The van der Waals surface area contributed by atoms with Gasteiger partial charge in [0, 0.05) is 19.7 Å². The van der Waals surface area contributed by atoms with E-state index in [2.05, 4.69) is 39.5 Å². The van der Waals surface area contributed by atoms with Crippen LogP contribution in [-0.2, 0) is 17.8 Å². The first-order valence-electron chi connectivity index (χ1n) is 8.03. The number of methoxy groups -OCH3 is 1. The Hall–Kier alpha value is -0.860. The summed E-state index contributed by atoms with van der Waals surface area (Å²) in [6.45, 7) is 6.74. The lowest BCUT2D eigenvalue weighted by Gasteiger charge is -2.14. The van der Waals surface area contributed by atoms with Crippen LogP contribution in [0.3, 0.4) is 0 Å². The van der Waals surface area contributed by atoms with Crippen molar-refractivity contribution in [1.29, 1.82) is 0 Å². The van der Waals surface area contributed by atoms with Crippen molar-refractivity contribution in [2.45, 2.75) is 38.9 Å².